The molecule has 1 aliphatic rings. The second-order valence-electron chi connectivity index (χ2n) is 5.11. The molecule has 4 heteroatoms. The van der Waals surface area contributed by atoms with Crippen molar-refractivity contribution in [3.05, 3.63) is 28.8 Å². The van der Waals surface area contributed by atoms with E-state index >= 15 is 0 Å². The highest BCUT2D eigenvalue weighted by Crippen LogP contribution is 2.30. The summed E-state index contributed by atoms with van der Waals surface area (Å²) < 4.78 is 0. The molecule has 1 aromatic carbocycles. The molecule has 0 aliphatic heterocycles. The fourth-order valence-electron chi connectivity index (χ4n) is 2.73. The average Bonchev–Trinajstić information content (AvgIpc) is 2.41. The van der Waals surface area contributed by atoms with Gasteiger partial charge >= 0.3 is 0 Å². The predicted octanol–water partition coefficient (Wildman–Crippen LogP) is 3.29. The largest absolute Gasteiger partial charge is 0.371 e. The summed E-state index contributed by atoms with van der Waals surface area (Å²) in [5, 5.41) is 0.793. The van der Waals surface area contributed by atoms with Gasteiger partial charge in [0.15, 0.2) is 0 Å². The Morgan fingerprint density at radius 1 is 1.28 bits per heavy atom. The molecule has 0 atom stereocenters. The molecule has 2 rings (SSSR count). The normalized spacial score (nSPS) is 24.0. The molecule has 0 spiro atoms. The third-order valence-electron chi connectivity index (χ3n) is 3.94. The topological polar surface area (TPSA) is 38.5 Å². The van der Waals surface area contributed by atoms with Gasteiger partial charge in [-0.15, -0.1) is 0 Å². The first-order chi connectivity index (χ1) is 8.61. The molecule has 0 aromatic heterocycles. The number of nitrogens with two attached hydrogens (primary N) is 1. The molecule has 1 aliphatic carbocycles. The molecule has 0 saturated heterocycles. The number of rotatable bonds is 3. The van der Waals surface area contributed by atoms with Gasteiger partial charge in [0.25, 0.3) is 0 Å². The maximum absolute atomic E-state index is 6.08. The van der Waals surface area contributed by atoms with Crippen LogP contribution in [-0.4, -0.2) is 19.2 Å². The SMILES string of the molecule is Cc1ccc(Cl)cc1N(C)C1CCC(ON)CC1. The second kappa shape index (κ2) is 5.91. The van der Waals surface area contributed by atoms with Gasteiger partial charge in [0.05, 0.1) is 6.10 Å². The molecular formula is C14H21ClN2O. The number of hydrogen-bond acceptors (Lipinski definition) is 3. The minimum Gasteiger partial charge on any atom is -0.371 e. The van der Waals surface area contributed by atoms with Gasteiger partial charge in [-0.2, -0.15) is 0 Å². The predicted molar refractivity (Wildman–Crippen MR) is 75.9 cm³/mol. The van der Waals surface area contributed by atoms with E-state index in [0.29, 0.717) is 6.04 Å². The van der Waals surface area contributed by atoms with Crippen LogP contribution < -0.4 is 10.8 Å². The van der Waals surface area contributed by atoms with Crippen LogP contribution in [0.15, 0.2) is 18.2 Å². The summed E-state index contributed by atoms with van der Waals surface area (Å²) in [5.74, 6) is 5.25. The van der Waals surface area contributed by atoms with Crippen molar-refractivity contribution >= 4 is 17.3 Å². The molecule has 2 N–H and O–H groups in total. The van der Waals surface area contributed by atoms with Crippen molar-refractivity contribution in [1.29, 1.82) is 0 Å². The second-order valence-corrected chi connectivity index (χ2v) is 5.54. The first-order valence-corrected chi connectivity index (χ1v) is 6.84. The molecule has 0 radical (unpaired) electrons. The summed E-state index contributed by atoms with van der Waals surface area (Å²) in [4.78, 5) is 7.27. The maximum atomic E-state index is 6.08. The van der Waals surface area contributed by atoms with Crippen molar-refractivity contribution in [2.45, 2.75) is 44.8 Å². The van der Waals surface area contributed by atoms with E-state index in [-0.39, 0.29) is 6.10 Å². The lowest BCUT2D eigenvalue weighted by Crippen LogP contribution is -2.38. The van der Waals surface area contributed by atoms with Gasteiger partial charge in [-0.3, -0.25) is 0 Å². The smallest absolute Gasteiger partial charge is 0.0789 e. The zero-order valence-electron chi connectivity index (χ0n) is 11.0. The molecule has 1 saturated carbocycles. The van der Waals surface area contributed by atoms with Gasteiger partial charge in [0.1, 0.15) is 0 Å². The third kappa shape index (κ3) is 2.97. The highest BCUT2D eigenvalue weighted by atomic mass is 35.5. The van der Waals surface area contributed by atoms with Crippen molar-refractivity contribution in [3.8, 4) is 0 Å². The minimum absolute atomic E-state index is 0.232. The first kappa shape index (κ1) is 13.7. The van der Waals surface area contributed by atoms with Crippen LogP contribution in [0.1, 0.15) is 31.2 Å². The molecule has 1 fully saturated rings. The molecule has 100 valence electrons. The summed E-state index contributed by atoms with van der Waals surface area (Å²) in [6.07, 6.45) is 4.53. The Labute approximate surface area is 114 Å². The lowest BCUT2D eigenvalue weighted by molar-refractivity contribution is 0.0242. The highest BCUT2D eigenvalue weighted by molar-refractivity contribution is 6.30. The van der Waals surface area contributed by atoms with Crippen molar-refractivity contribution in [2.24, 2.45) is 5.90 Å². The molecule has 0 amide bonds. The lowest BCUT2D eigenvalue weighted by atomic mass is 9.91. The molecule has 1 aromatic rings. The standard InChI is InChI=1S/C14H21ClN2O/c1-10-3-4-11(15)9-14(10)17(2)12-5-7-13(18-16)8-6-12/h3-4,9,12-13H,5-8,16H2,1-2H3. The highest BCUT2D eigenvalue weighted by Gasteiger charge is 2.25. The summed E-state index contributed by atoms with van der Waals surface area (Å²) in [6, 6.07) is 6.60. The number of anilines is 1. The van der Waals surface area contributed by atoms with E-state index in [0.717, 1.165) is 30.7 Å². The number of aryl methyl sites for hydroxylation is 1. The molecule has 3 nitrogen and oxygen atoms in total. The zero-order valence-corrected chi connectivity index (χ0v) is 11.8. The maximum Gasteiger partial charge on any atom is 0.0789 e. The molecule has 0 heterocycles. The summed E-state index contributed by atoms with van der Waals surface area (Å²) >= 11 is 6.08. The molecule has 18 heavy (non-hydrogen) atoms. The van der Waals surface area contributed by atoms with E-state index < -0.39 is 0 Å². The Balaban J connectivity index is 2.07. The molecule has 0 unspecified atom stereocenters. The van der Waals surface area contributed by atoms with Crippen LogP contribution in [-0.2, 0) is 4.84 Å². The summed E-state index contributed by atoms with van der Waals surface area (Å²) in [5.41, 5.74) is 2.48. The van der Waals surface area contributed by atoms with Crippen LogP contribution in [0, 0.1) is 6.92 Å². The van der Waals surface area contributed by atoms with Crippen molar-refractivity contribution in [2.75, 3.05) is 11.9 Å². The Bertz CT molecular complexity index is 403. The van der Waals surface area contributed by atoms with E-state index in [2.05, 4.69) is 24.9 Å². The van der Waals surface area contributed by atoms with E-state index in [9.17, 15) is 0 Å². The summed E-state index contributed by atoms with van der Waals surface area (Å²) in [7, 11) is 2.15. The number of halogens is 1. The quantitative estimate of drug-likeness (QED) is 0.855. The van der Waals surface area contributed by atoms with Crippen molar-refractivity contribution in [3.63, 3.8) is 0 Å². The average molecular weight is 269 g/mol. The lowest BCUT2D eigenvalue weighted by Gasteiger charge is -2.36. The van der Waals surface area contributed by atoms with Gasteiger partial charge < -0.3 is 9.74 Å². The Hall–Kier alpha value is -0.770. The number of hydrogen-bond donors (Lipinski definition) is 1. The third-order valence-corrected chi connectivity index (χ3v) is 4.17. The Morgan fingerprint density at radius 3 is 2.56 bits per heavy atom. The van der Waals surface area contributed by atoms with Gasteiger partial charge in [-0.25, -0.2) is 5.90 Å². The monoisotopic (exact) mass is 268 g/mol. The van der Waals surface area contributed by atoms with E-state index in [1.807, 2.05) is 12.1 Å². The fraction of sp³-hybridized carbons (Fsp3) is 0.571. The van der Waals surface area contributed by atoms with Gasteiger partial charge in [0.2, 0.25) is 0 Å². The van der Waals surface area contributed by atoms with Crippen molar-refractivity contribution < 1.29 is 4.84 Å². The van der Waals surface area contributed by atoms with E-state index in [1.54, 1.807) is 0 Å². The first-order valence-electron chi connectivity index (χ1n) is 6.46. The van der Waals surface area contributed by atoms with Crippen LogP contribution in [0.2, 0.25) is 5.02 Å². The van der Waals surface area contributed by atoms with Crippen LogP contribution in [0.25, 0.3) is 0 Å². The van der Waals surface area contributed by atoms with Gasteiger partial charge in [-0.05, 0) is 50.3 Å². The Morgan fingerprint density at radius 2 is 1.94 bits per heavy atom. The zero-order chi connectivity index (χ0) is 13.1. The van der Waals surface area contributed by atoms with Gasteiger partial charge in [0, 0.05) is 23.8 Å². The van der Waals surface area contributed by atoms with E-state index in [4.69, 9.17) is 22.3 Å². The van der Waals surface area contributed by atoms with Crippen LogP contribution in [0.4, 0.5) is 5.69 Å². The number of benzene rings is 1. The minimum atomic E-state index is 0.232. The van der Waals surface area contributed by atoms with Crippen molar-refractivity contribution in [1.82, 2.24) is 0 Å². The van der Waals surface area contributed by atoms with Crippen LogP contribution in [0.3, 0.4) is 0 Å². The Kier molecular flexibility index (Phi) is 4.49. The summed E-state index contributed by atoms with van der Waals surface area (Å²) in [6.45, 7) is 2.12. The molecule has 0 bridgehead atoms. The fourth-order valence-corrected chi connectivity index (χ4v) is 2.89. The van der Waals surface area contributed by atoms with Crippen LogP contribution in [0.5, 0.6) is 0 Å². The van der Waals surface area contributed by atoms with Crippen LogP contribution >= 0.6 is 11.6 Å². The van der Waals surface area contributed by atoms with Gasteiger partial charge in [-0.1, -0.05) is 17.7 Å². The van der Waals surface area contributed by atoms with E-state index in [1.165, 1.54) is 11.3 Å². The molecular weight excluding hydrogens is 248 g/mol. The number of nitrogens with zero attached hydrogens (tertiary/aromatic N) is 1.